The third kappa shape index (κ3) is 4.48. The van der Waals surface area contributed by atoms with Crippen molar-refractivity contribution < 1.29 is 18.8 Å². The number of amides is 1. The molecule has 6 nitrogen and oxygen atoms in total. The molecule has 1 amide bonds. The fourth-order valence-electron chi connectivity index (χ4n) is 2.69. The fraction of sp³-hybridized carbons (Fsp3) is 0.238. The van der Waals surface area contributed by atoms with Gasteiger partial charge in [0, 0.05) is 16.1 Å². The molecule has 0 atom stereocenters. The molecule has 0 fully saturated rings. The number of methoxy groups -OCH3 is 1. The molecule has 3 rings (SSSR count). The Morgan fingerprint density at radius 1 is 1.18 bits per heavy atom. The Bertz CT molecular complexity index is 965. The summed E-state index contributed by atoms with van der Waals surface area (Å²) in [7, 11) is 1.54. The Balaban J connectivity index is 1.73. The van der Waals surface area contributed by atoms with Crippen molar-refractivity contribution in [3.8, 4) is 11.5 Å². The van der Waals surface area contributed by atoms with E-state index in [-0.39, 0.29) is 5.91 Å². The molecule has 0 aliphatic heterocycles. The molecular formula is C21H22N2O4S. The number of hydrogen-bond donors (Lipinski definition) is 1. The van der Waals surface area contributed by atoms with Crippen LogP contribution in [-0.4, -0.2) is 24.4 Å². The summed E-state index contributed by atoms with van der Waals surface area (Å²) < 4.78 is 16.4. The number of nitrogens with zero attached hydrogens (tertiary/aromatic N) is 1. The Hall–Kier alpha value is -2.93. The minimum Gasteiger partial charge on any atom is -0.493 e. The summed E-state index contributed by atoms with van der Waals surface area (Å²) in [6.07, 6.45) is 1.99. The predicted molar refractivity (Wildman–Crippen MR) is 109 cm³/mol. The average molecular weight is 398 g/mol. The van der Waals surface area contributed by atoms with Gasteiger partial charge in [0.25, 0.3) is 5.91 Å². The lowest BCUT2D eigenvalue weighted by Gasteiger charge is -2.12. The van der Waals surface area contributed by atoms with Gasteiger partial charge in [0.1, 0.15) is 12.4 Å². The van der Waals surface area contributed by atoms with E-state index in [0.29, 0.717) is 23.7 Å². The van der Waals surface area contributed by atoms with E-state index in [0.717, 1.165) is 27.6 Å². The van der Waals surface area contributed by atoms with Gasteiger partial charge in [0.2, 0.25) is 0 Å². The van der Waals surface area contributed by atoms with Crippen molar-refractivity contribution in [2.45, 2.75) is 25.3 Å². The normalized spacial score (nSPS) is 10.6. The van der Waals surface area contributed by atoms with Crippen LogP contribution in [0, 0.1) is 13.8 Å². The zero-order chi connectivity index (χ0) is 20.1. The molecule has 1 N–H and O–H groups in total. The molecule has 0 spiro atoms. The van der Waals surface area contributed by atoms with Crippen LogP contribution in [0.15, 0.2) is 51.9 Å². The molecule has 0 bridgehead atoms. The van der Waals surface area contributed by atoms with Gasteiger partial charge in [0.05, 0.1) is 18.4 Å². The first-order chi connectivity index (χ1) is 13.5. The molecule has 3 aromatic rings. The Morgan fingerprint density at radius 2 is 2.00 bits per heavy atom. The summed E-state index contributed by atoms with van der Waals surface area (Å²) in [5, 5.41) is 6.82. The number of carbonyl (C=O) groups is 1. The Kier molecular flexibility index (Phi) is 6.26. The van der Waals surface area contributed by atoms with Gasteiger partial charge in [-0.25, -0.2) is 0 Å². The van der Waals surface area contributed by atoms with Crippen molar-refractivity contribution in [3.05, 3.63) is 65.0 Å². The number of ether oxygens (including phenoxy) is 2. The second kappa shape index (κ2) is 8.84. The predicted octanol–water partition coefficient (Wildman–Crippen LogP) is 4.85. The lowest BCUT2D eigenvalue weighted by Crippen LogP contribution is -2.12. The number of aryl methyl sites for hydroxylation is 2. The summed E-state index contributed by atoms with van der Waals surface area (Å²) in [6.45, 7) is 4.02. The highest BCUT2D eigenvalue weighted by atomic mass is 32.2. The van der Waals surface area contributed by atoms with Crippen molar-refractivity contribution >= 4 is 23.4 Å². The van der Waals surface area contributed by atoms with Gasteiger partial charge in [-0.15, -0.1) is 11.8 Å². The third-order valence-electron chi connectivity index (χ3n) is 4.31. The van der Waals surface area contributed by atoms with Crippen LogP contribution >= 0.6 is 11.8 Å². The zero-order valence-corrected chi connectivity index (χ0v) is 17.1. The van der Waals surface area contributed by atoms with Crippen molar-refractivity contribution in [3.63, 3.8) is 0 Å². The van der Waals surface area contributed by atoms with Gasteiger partial charge in [-0.1, -0.05) is 11.2 Å². The number of carbonyl (C=O) groups excluding carboxylic acids is 1. The summed E-state index contributed by atoms with van der Waals surface area (Å²) in [5.41, 5.74) is 2.92. The van der Waals surface area contributed by atoms with Crippen molar-refractivity contribution in [1.29, 1.82) is 0 Å². The molecule has 0 unspecified atom stereocenters. The van der Waals surface area contributed by atoms with Gasteiger partial charge in [-0.05, 0) is 56.5 Å². The molecule has 28 heavy (non-hydrogen) atoms. The quantitative estimate of drug-likeness (QED) is 0.573. The molecule has 2 aromatic carbocycles. The highest BCUT2D eigenvalue weighted by molar-refractivity contribution is 7.98. The average Bonchev–Trinajstić information content (AvgIpc) is 3.03. The maximum atomic E-state index is 12.6. The highest BCUT2D eigenvalue weighted by Crippen LogP contribution is 2.30. The summed E-state index contributed by atoms with van der Waals surface area (Å²) in [4.78, 5) is 13.7. The van der Waals surface area contributed by atoms with E-state index in [2.05, 4.69) is 10.5 Å². The molecule has 146 valence electrons. The third-order valence-corrected chi connectivity index (χ3v) is 5.03. The van der Waals surface area contributed by atoms with Crippen LogP contribution in [0.25, 0.3) is 0 Å². The van der Waals surface area contributed by atoms with Gasteiger partial charge < -0.3 is 19.3 Å². The largest absolute Gasteiger partial charge is 0.493 e. The van der Waals surface area contributed by atoms with E-state index >= 15 is 0 Å². The molecule has 7 heteroatoms. The minimum absolute atomic E-state index is 0.214. The minimum atomic E-state index is -0.214. The van der Waals surface area contributed by atoms with Crippen LogP contribution in [0.4, 0.5) is 5.69 Å². The Morgan fingerprint density at radius 3 is 2.68 bits per heavy atom. The second-order valence-electron chi connectivity index (χ2n) is 6.14. The standard InChI is InChI=1S/C21H22N2O4S/c1-13-18(14(2)27-23-13)12-26-19-9-8-15(10-20(19)25-3)21(24)22-16-6-5-7-17(11-16)28-4/h5-11H,12H2,1-4H3,(H,22,24). The first kappa shape index (κ1) is 19.8. The van der Waals surface area contributed by atoms with Crippen LogP contribution in [-0.2, 0) is 6.61 Å². The number of thioether (sulfide) groups is 1. The van der Waals surface area contributed by atoms with Crippen LogP contribution in [0.5, 0.6) is 11.5 Å². The van der Waals surface area contributed by atoms with Crippen molar-refractivity contribution in [2.24, 2.45) is 0 Å². The van der Waals surface area contributed by atoms with Gasteiger partial charge in [-0.2, -0.15) is 0 Å². The number of hydrogen-bond acceptors (Lipinski definition) is 6. The lowest BCUT2D eigenvalue weighted by atomic mass is 10.1. The number of rotatable bonds is 7. The first-order valence-corrected chi connectivity index (χ1v) is 9.92. The van der Waals surface area contributed by atoms with Crippen LogP contribution < -0.4 is 14.8 Å². The molecule has 0 aliphatic rings. The summed E-state index contributed by atoms with van der Waals surface area (Å²) in [6, 6.07) is 12.8. The molecule has 0 aliphatic carbocycles. The van der Waals surface area contributed by atoms with Crippen LogP contribution in [0.3, 0.4) is 0 Å². The smallest absolute Gasteiger partial charge is 0.255 e. The number of anilines is 1. The second-order valence-corrected chi connectivity index (χ2v) is 7.02. The van der Waals surface area contributed by atoms with E-state index in [1.165, 1.54) is 0 Å². The maximum Gasteiger partial charge on any atom is 0.255 e. The molecular weight excluding hydrogens is 376 g/mol. The van der Waals surface area contributed by atoms with E-state index in [1.54, 1.807) is 37.1 Å². The van der Waals surface area contributed by atoms with Gasteiger partial charge in [-0.3, -0.25) is 4.79 Å². The SMILES string of the molecule is COc1cc(C(=O)Nc2cccc(SC)c2)ccc1OCc1c(C)noc1C. The summed E-state index contributed by atoms with van der Waals surface area (Å²) >= 11 is 1.62. The number of nitrogens with one attached hydrogen (secondary N) is 1. The van der Waals surface area contributed by atoms with E-state index in [9.17, 15) is 4.79 Å². The van der Waals surface area contributed by atoms with E-state index in [4.69, 9.17) is 14.0 Å². The lowest BCUT2D eigenvalue weighted by molar-refractivity contribution is 0.102. The number of benzene rings is 2. The fourth-order valence-corrected chi connectivity index (χ4v) is 3.15. The van der Waals surface area contributed by atoms with Gasteiger partial charge in [0.15, 0.2) is 11.5 Å². The molecule has 1 heterocycles. The number of aromatic nitrogens is 1. The zero-order valence-electron chi connectivity index (χ0n) is 16.2. The molecule has 0 radical (unpaired) electrons. The highest BCUT2D eigenvalue weighted by Gasteiger charge is 2.14. The van der Waals surface area contributed by atoms with E-state index in [1.807, 2.05) is 44.4 Å². The van der Waals surface area contributed by atoms with E-state index < -0.39 is 0 Å². The Labute approximate surface area is 168 Å². The van der Waals surface area contributed by atoms with Crippen molar-refractivity contribution in [2.75, 3.05) is 18.7 Å². The van der Waals surface area contributed by atoms with Crippen LogP contribution in [0.1, 0.15) is 27.4 Å². The molecule has 1 aromatic heterocycles. The summed E-state index contributed by atoms with van der Waals surface area (Å²) in [5.74, 6) is 1.54. The first-order valence-electron chi connectivity index (χ1n) is 8.69. The molecule has 0 saturated carbocycles. The van der Waals surface area contributed by atoms with Gasteiger partial charge >= 0.3 is 0 Å². The monoisotopic (exact) mass is 398 g/mol. The molecule has 0 saturated heterocycles. The van der Waals surface area contributed by atoms with Crippen molar-refractivity contribution in [1.82, 2.24) is 5.16 Å². The van der Waals surface area contributed by atoms with Crippen LogP contribution in [0.2, 0.25) is 0 Å². The maximum absolute atomic E-state index is 12.6. The topological polar surface area (TPSA) is 73.6 Å².